The van der Waals surface area contributed by atoms with Gasteiger partial charge < -0.3 is 4.74 Å². The van der Waals surface area contributed by atoms with Crippen LogP contribution in [0.1, 0.15) is 22.4 Å². The minimum atomic E-state index is -0.884. The highest BCUT2D eigenvalue weighted by atomic mass is 79.9. The first kappa shape index (κ1) is 18.8. The summed E-state index contributed by atoms with van der Waals surface area (Å²) < 4.78 is 8.62. The maximum Gasteiger partial charge on any atom is 0.226 e. The number of nitrogens with zero attached hydrogens (tertiary/aromatic N) is 3. The van der Waals surface area contributed by atoms with Crippen molar-refractivity contribution in [3.05, 3.63) is 79.9 Å². The third-order valence-corrected chi connectivity index (χ3v) is 5.72. The average molecular weight is 456 g/mol. The monoisotopic (exact) mass is 454 g/mol. The molecule has 5 nitrogen and oxygen atoms in total. The van der Waals surface area contributed by atoms with Crippen LogP contribution in [0.15, 0.2) is 52.5 Å². The molecule has 140 valence electrons. The molecule has 2 heterocycles. The number of ether oxygens (including phenoxy) is 1. The highest BCUT2D eigenvalue weighted by Gasteiger charge is 2.33. The number of aromatic nitrogens is 2. The first-order valence-electron chi connectivity index (χ1n) is 8.60. The Morgan fingerprint density at radius 2 is 1.93 bits per heavy atom. The topological polar surface area (TPSA) is 76.9 Å². The molecule has 3 aromatic rings. The minimum absolute atomic E-state index is 0.375. The highest BCUT2D eigenvalue weighted by molar-refractivity contribution is 9.10. The standard InChI is InChI=1S/C21H16BrClN4O/c1-11-16(23)4-3-5-17(11)27-21-18(12(2)26-27)19(15(10-24)20(25)28-21)13-6-8-14(22)9-7-13/h3-9,20H,25H2,1-2H3. The number of hydrogen-bond acceptors (Lipinski definition) is 4. The quantitative estimate of drug-likeness (QED) is 0.596. The Labute approximate surface area is 176 Å². The van der Waals surface area contributed by atoms with Crippen molar-refractivity contribution in [1.29, 1.82) is 5.26 Å². The molecule has 1 aliphatic heterocycles. The first-order valence-corrected chi connectivity index (χ1v) is 9.77. The number of rotatable bonds is 2. The van der Waals surface area contributed by atoms with Gasteiger partial charge in [0.15, 0.2) is 6.23 Å². The average Bonchev–Trinajstić information content (AvgIpc) is 2.99. The van der Waals surface area contributed by atoms with Gasteiger partial charge in [-0.1, -0.05) is 45.7 Å². The predicted molar refractivity (Wildman–Crippen MR) is 112 cm³/mol. The number of nitrogens with two attached hydrogens (primary N) is 1. The van der Waals surface area contributed by atoms with Crippen molar-refractivity contribution in [3.8, 4) is 17.6 Å². The molecule has 4 rings (SSSR count). The van der Waals surface area contributed by atoms with E-state index < -0.39 is 6.23 Å². The van der Waals surface area contributed by atoms with E-state index in [2.05, 4.69) is 27.1 Å². The molecule has 2 N–H and O–H groups in total. The number of nitriles is 1. The van der Waals surface area contributed by atoms with E-state index in [1.807, 2.05) is 56.3 Å². The van der Waals surface area contributed by atoms with Gasteiger partial charge in [0.2, 0.25) is 5.88 Å². The summed E-state index contributed by atoms with van der Waals surface area (Å²) in [5.74, 6) is 0.507. The van der Waals surface area contributed by atoms with E-state index in [-0.39, 0.29) is 0 Å². The molecule has 0 aliphatic carbocycles. The van der Waals surface area contributed by atoms with Crippen molar-refractivity contribution in [3.63, 3.8) is 0 Å². The van der Waals surface area contributed by atoms with Gasteiger partial charge in [-0.25, -0.2) is 0 Å². The summed E-state index contributed by atoms with van der Waals surface area (Å²) in [6.45, 7) is 3.82. The van der Waals surface area contributed by atoms with Crippen molar-refractivity contribution >= 4 is 33.1 Å². The molecule has 0 saturated heterocycles. The summed E-state index contributed by atoms with van der Waals surface area (Å²) in [6, 6.07) is 15.6. The van der Waals surface area contributed by atoms with Crippen molar-refractivity contribution in [2.75, 3.05) is 0 Å². The second kappa shape index (κ2) is 7.10. The van der Waals surface area contributed by atoms with Crippen LogP contribution >= 0.6 is 27.5 Å². The van der Waals surface area contributed by atoms with Gasteiger partial charge in [-0.3, -0.25) is 5.73 Å². The van der Waals surface area contributed by atoms with E-state index in [1.54, 1.807) is 4.68 Å². The maximum absolute atomic E-state index is 9.75. The normalized spacial score (nSPS) is 15.8. The minimum Gasteiger partial charge on any atom is -0.453 e. The summed E-state index contributed by atoms with van der Waals surface area (Å²) in [7, 11) is 0. The zero-order valence-electron chi connectivity index (χ0n) is 15.2. The summed E-state index contributed by atoms with van der Waals surface area (Å²) >= 11 is 9.75. The van der Waals surface area contributed by atoms with E-state index in [4.69, 9.17) is 22.1 Å². The van der Waals surface area contributed by atoms with Gasteiger partial charge in [-0.2, -0.15) is 15.0 Å². The van der Waals surface area contributed by atoms with Crippen LogP contribution in [0, 0.1) is 25.2 Å². The van der Waals surface area contributed by atoms with E-state index in [0.717, 1.165) is 38.1 Å². The van der Waals surface area contributed by atoms with Gasteiger partial charge in [0.1, 0.15) is 6.07 Å². The molecule has 1 aliphatic rings. The fraction of sp³-hybridized carbons (Fsp3) is 0.143. The zero-order valence-corrected chi connectivity index (χ0v) is 17.5. The van der Waals surface area contributed by atoms with Crippen LogP contribution in [-0.2, 0) is 0 Å². The van der Waals surface area contributed by atoms with Gasteiger partial charge in [-0.05, 0) is 49.2 Å². The Bertz CT molecular complexity index is 1160. The van der Waals surface area contributed by atoms with Gasteiger partial charge >= 0.3 is 0 Å². The molecule has 7 heteroatoms. The van der Waals surface area contributed by atoms with Crippen LogP contribution in [-0.4, -0.2) is 16.0 Å². The molecule has 28 heavy (non-hydrogen) atoms. The smallest absolute Gasteiger partial charge is 0.226 e. The van der Waals surface area contributed by atoms with Crippen LogP contribution in [0.4, 0.5) is 0 Å². The van der Waals surface area contributed by atoms with E-state index >= 15 is 0 Å². The predicted octanol–water partition coefficient (Wildman–Crippen LogP) is 4.91. The molecule has 1 atom stereocenters. The molecule has 0 radical (unpaired) electrons. The molecule has 0 saturated carbocycles. The Balaban J connectivity index is 2.01. The van der Waals surface area contributed by atoms with Crippen LogP contribution in [0.5, 0.6) is 5.88 Å². The van der Waals surface area contributed by atoms with Crippen LogP contribution in [0.3, 0.4) is 0 Å². The van der Waals surface area contributed by atoms with Crippen LogP contribution in [0.2, 0.25) is 5.02 Å². The van der Waals surface area contributed by atoms with Crippen molar-refractivity contribution in [2.24, 2.45) is 5.73 Å². The lowest BCUT2D eigenvalue weighted by molar-refractivity contribution is 0.228. The Hall–Kier alpha value is -2.59. The number of halogens is 2. The highest BCUT2D eigenvalue weighted by Crippen LogP contribution is 2.42. The van der Waals surface area contributed by atoms with Crippen LogP contribution < -0.4 is 10.5 Å². The lowest BCUT2D eigenvalue weighted by atomic mass is 9.91. The number of aryl methyl sites for hydroxylation is 1. The zero-order chi connectivity index (χ0) is 20.0. The summed E-state index contributed by atoms with van der Waals surface area (Å²) in [6.07, 6.45) is -0.884. The van der Waals surface area contributed by atoms with Gasteiger partial charge in [0.05, 0.1) is 22.5 Å². The molecule has 0 amide bonds. The van der Waals surface area contributed by atoms with Crippen molar-refractivity contribution in [1.82, 2.24) is 9.78 Å². The van der Waals surface area contributed by atoms with Crippen LogP contribution in [0.25, 0.3) is 11.3 Å². The van der Waals surface area contributed by atoms with Crippen molar-refractivity contribution < 1.29 is 4.74 Å². The Kier molecular flexibility index (Phi) is 4.76. The SMILES string of the molecule is Cc1nn(-c2cccc(Cl)c2C)c2c1C(c1ccc(Br)cc1)=C(C#N)C(N)O2. The number of benzene rings is 2. The largest absolute Gasteiger partial charge is 0.453 e. The molecule has 2 aromatic carbocycles. The second-order valence-corrected chi connectivity index (χ2v) is 7.83. The lowest BCUT2D eigenvalue weighted by Crippen LogP contribution is -2.33. The Morgan fingerprint density at radius 1 is 1.21 bits per heavy atom. The Morgan fingerprint density at radius 3 is 2.61 bits per heavy atom. The van der Waals surface area contributed by atoms with E-state index in [9.17, 15) is 5.26 Å². The molecule has 1 aromatic heterocycles. The fourth-order valence-corrected chi connectivity index (χ4v) is 3.82. The van der Waals surface area contributed by atoms with Gasteiger partial charge in [0.25, 0.3) is 0 Å². The van der Waals surface area contributed by atoms with Crippen molar-refractivity contribution in [2.45, 2.75) is 20.1 Å². The summed E-state index contributed by atoms with van der Waals surface area (Å²) in [5, 5.41) is 15.1. The number of fused-ring (bicyclic) bond motifs is 1. The molecular weight excluding hydrogens is 440 g/mol. The van der Waals surface area contributed by atoms with E-state index in [0.29, 0.717) is 16.5 Å². The van der Waals surface area contributed by atoms with Gasteiger partial charge in [0, 0.05) is 15.1 Å². The maximum atomic E-state index is 9.75. The first-order chi connectivity index (χ1) is 13.4. The summed E-state index contributed by atoms with van der Waals surface area (Å²) in [4.78, 5) is 0. The number of hydrogen-bond donors (Lipinski definition) is 1. The molecule has 0 spiro atoms. The van der Waals surface area contributed by atoms with Gasteiger partial charge in [-0.15, -0.1) is 0 Å². The second-order valence-electron chi connectivity index (χ2n) is 6.51. The molecule has 0 bridgehead atoms. The lowest BCUT2D eigenvalue weighted by Gasteiger charge is -2.25. The molecular formula is C21H16BrClN4O. The molecule has 1 unspecified atom stereocenters. The fourth-order valence-electron chi connectivity index (χ4n) is 3.38. The summed E-state index contributed by atoms with van der Waals surface area (Å²) in [5.41, 5.74) is 11.4. The third kappa shape index (κ3) is 2.92. The molecule has 0 fully saturated rings. The van der Waals surface area contributed by atoms with E-state index in [1.165, 1.54) is 0 Å². The third-order valence-electron chi connectivity index (χ3n) is 4.78.